The molecule has 2 aromatic carbocycles. The Kier molecular flexibility index (Phi) is 5.84. The number of phenolic OH excluding ortho intramolecular Hbond substituents is 1. The predicted octanol–water partition coefficient (Wildman–Crippen LogP) is 3.90. The second kappa shape index (κ2) is 8.05. The normalized spacial score (nSPS) is 15.1. The summed E-state index contributed by atoms with van der Waals surface area (Å²) in [5, 5.41) is 19.0. The minimum absolute atomic E-state index is 0.278. The molecule has 11 heteroatoms. The molecule has 3 rings (SSSR count). The smallest absolute Gasteiger partial charge is 0.416 e. The fourth-order valence-electron chi connectivity index (χ4n) is 3.27. The Morgan fingerprint density at radius 3 is 2.30 bits per heavy atom. The van der Waals surface area contributed by atoms with Gasteiger partial charge in [0.15, 0.2) is 0 Å². The lowest BCUT2D eigenvalue weighted by Gasteiger charge is -2.31. The molecule has 1 aliphatic heterocycles. The summed E-state index contributed by atoms with van der Waals surface area (Å²) >= 11 is 0. The Morgan fingerprint density at radius 1 is 1.03 bits per heavy atom. The zero-order chi connectivity index (χ0) is 22.1. The second-order valence-electron chi connectivity index (χ2n) is 6.87. The summed E-state index contributed by atoms with van der Waals surface area (Å²) in [7, 11) is -4.58. The molecule has 0 bridgehead atoms. The summed E-state index contributed by atoms with van der Waals surface area (Å²) in [6.07, 6.45) is -2.09. The summed E-state index contributed by atoms with van der Waals surface area (Å²) in [6, 6.07) is 5.44. The topological polar surface area (TPSA) is 107 Å². The largest absolute Gasteiger partial charge is 0.507 e. The van der Waals surface area contributed by atoms with Crippen molar-refractivity contribution in [1.29, 1.82) is 0 Å². The number of aromatic carboxylic acids is 1. The van der Waals surface area contributed by atoms with Crippen LogP contribution in [0.5, 0.6) is 5.75 Å². The second-order valence-corrected chi connectivity index (χ2v) is 8.52. The van der Waals surface area contributed by atoms with E-state index in [1.807, 2.05) is 0 Å². The van der Waals surface area contributed by atoms with Gasteiger partial charge in [-0.3, -0.25) is 4.72 Å². The minimum Gasteiger partial charge on any atom is -0.507 e. The molecule has 0 unspecified atom stereocenters. The number of alkyl halides is 3. The van der Waals surface area contributed by atoms with E-state index in [9.17, 15) is 31.5 Å². The first-order valence-corrected chi connectivity index (χ1v) is 10.5. The molecule has 0 radical (unpaired) electrons. The maximum absolute atomic E-state index is 13.2. The number of halogens is 3. The number of hydrogen-bond donors (Lipinski definition) is 3. The summed E-state index contributed by atoms with van der Waals surface area (Å²) in [6.45, 7) is 1.11. The number of benzene rings is 2. The molecule has 0 saturated carbocycles. The third-order valence-corrected chi connectivity index (χ3v) is 6.16. The van der Waals surface area contributed by atoms with Crippen molar-refractivity contribution in [3.05, 3.63) is 47.5 Å². The van der Waals surface area contributed by atoms with Crippen LogP contribution in [0.2, 0.25) is 0 Å². The standard InChI is InChI=1S/C19H19F3N2O5S/c20-19(21,22)13-5-6-15(24-8-2-1-3-9-24)14(11-13)23-30(28,29)17-10-12(18(26)27)4-7-16(17)25/h4-7,10-11,23,25H,1-3,8-9H2,(H,26,27). The van der Waals surface area contributed by atoms with Crippen LogP contribution in [0.25, 0.3) is 0 Å². The molecule has 0 amide bonds. The Balaban J connectivity index is 2.07. The average molecular weight is 444 g/mol. The monoisotopic (exact) mass is 444 g/mol. The molecule has 2 aromatic rings. The Hall–Kier alpha value is -2.95. The van der Waals surface area contributed by atoms with Gasteiger partial charge in [0, 0.05) is 13.1 Å². The first kappa shape index (κ1) is 21.8. The average Bonchev–Trinajstić information content (AvgIpc) is 2.67. The number of carbonyl (C=O) groups is 1. The van der Waals surface area contributed by atoms with E-state index in [-0.39, 0.29) is 11.4 Å². The van der Waals surface area contributed by atoms with Crippen LogP contribution in [0.15, 0.2) is 41.3 Å². The van der Waals surface area contributed by atoms with Gasteiger partial charge in [0.2, 0.25) is 0 Å². The Bertz CT molecular complexity index is 1060. The van der Waals surface area contributed by atoms with Gasteiger partial charge in [0.05, 0.1) is 22.5 Å². The summed E-state index contributed by atoms with van der Waals surface area (Å²) in [4.78, 5) is 12.2. The van der Waals surface area contributed by atoms with Crippen LogP contribution in [0.3, 0.4) is 0 Å². The third kappa shape index (κ3) is 4.61. The summed E-state index contributed by atoms with van der Waals surface area (Å²) < 4.78 is 67.4. The lowest BCUT2D eigenvalue weighted by atomic mass is 10.1. The van der Waals surface area contributed by atoms with Gasteiger partial charge in [-0.2, -0.15) is 13.2 Å². The van der Waals surface area contributed by atoms with E-state index in [1.54, 1.807) is 4.90 Å². The lowest BCUT2D eigenvalue weighted by Crippen LogP contribution is -2.30. The fourth-order valence-corrected chi connectivity index (χ4v) is 4.46. The highest BCUT2D eigenvalue weighted by molar-refractivity contribution is 7.92. The SMILES string of the molecule is O=C(O)c1ccc(O)c(S(=O)(=O)Nc2cc(C(F)(F)F)ccc2N2CCCCC2)c1. The molecule has 0 spiro atoms. The van der Waals surface area contributed by atoms with E-state index in [0.29, 0.717) is 19.2 Å². The first-order chi connectivity index (χ1) is 14.0. The quantitative estimate of drug-likeness (QED) is 0.646. The highest BCUT2D eigenvalue weighted by atomic mass is 32.2. The van der Waals surface area contributed by atoms with E-state index < -0.39 is 43.9 Å². The fraction of sp³-hybridized carbons (Fsp3) is 0.316. The maximum atomic E-state index is 13.2. The van der Waals surface area contributed by atoms with Gasteiger partial charge in [-0.25, -0.2) is 13.2 Å². The minimum atomic E-state index is -4.69. The number of rotatable bonds is 5. The number of anilines is 2. The zero-order valence-corrected chi connectivity index (χ0v) is 16.4. The predicted molar refractivity (Wildman–Crippen MR) is 103 cm³/mol. The van der Waals surface area contributed by atoms with Gasteiger partial charge >= 0.3 is 12.1 Å². The molecule has 162 valence electrons. The molecule has 7 nitrogen and oxygen atoms in total. The summed E-state index contributed by atoms with van der Waals surface area (Å²) in [5.74, 6) is -2.14. The molecular weight excluding hydrogens is 425 g/mol. The van der Waals surface area contributed by atoms with Gasteiger partial charge in [-0.15, -0.1) is 0 Å². The number of carboxylic acids is 1. The van der Waals surface area contributed by atoms with Crippen LogP contribution in [0.1, 0.15) is 35.2 Å². The van der Waals surface area contributed by atoms with Crippen molar-refractivity contribution in [2.45, 2.75) is 30.3 Å². The number of nitrogens with one attached hydrogen (secondary N) is 1. The van der Waals surface area contributed by atoms with Crippen LogP contribution < -0.4 is 9.62 Å². The van der Waals surface area contributed by atoms with Gasteiger partial charge in [0.25, 0.3) is 10.0 Å². The number of piperidine rings is 1. The van der Waals surface area contributed by atoms with Gasteiger partial charge < -0.3 is 15.1 Å². The zero-order valence-electron chi connectivity index (χ0n) is 15.6. The number of aromatic hydroxyl groups is 1. The molecular formula is C19H19F3N2O5S. The van der Waals surface area contributed by atoms with Gasteiger partial charge in [-0.1, -0.05) is 0 Å². The molecule has 1 aliphatic rings. The number of carboxylic acid groups (broad SMARTS) is 1. The number of sulfonamides is 1. The van der Waals surface area contributed by atoms with Crippen LogP contribution in [0, 0.1) is 0 Å². The van der Waals surface area contributed by atoms with Crippen molar-refractivity contribution in [3.63, 3.8) is 0 Å². The van der Waals surface area contributed by atoms with Crippen molar-refractivity contribution < 1.29 is 36.6 Å². The Morgan fingerprint density at radius 2 is 1.70 bits per heavy atom. The molecule has 1 saturated heterocycles. The van der Waals surface area contributed by atoms with Crippen molar-refractivity contribution in [3.8, 4) is 5.75 Å². The van der Waals surface area contributed by atoms with Gasteiger partial charge in [0.1, 0.15) is 10.6 Å². The molecule has 0 aromatic heterocycles. The highest BCUT2D eigenvalue weighted by Gasteiger charge is 2.32. The van der Waals surface area contributed by atoms with Crippen LogP contribution in [-0.2, 0) is 16.2 Å². The van der Waals surface area contributed by atoms with E-state index in [2.05, 4.69) is 4.72 Å². The molecule has 0 atom stereocenters. The molecule has 3 N–H and O–H groups in total. The van der Waals surface area contributed by atoms with Crippen molar-refractivity contribution in [2.24, 2.45) is 0 Å². The van der Waals surface area contributed by atoms with E-state index in [1.165, 1.54) is 6.07 Å². The first-order valence-electron chi connectivity index (χ1n) is 9.04. The van der Waals surface area contributed by atoms with Crippen molar-refractivity contribution in [1.82, 2.24) is 0 Å². The van der Waals surface area contributed by atoms with E-state index in [4.69, 9.17) is 5.11 Å². The van der Waals surface area contributed by atoms with Crippen LogP contribution in [-0.4, -0.2) is 37.7 Å². The Labute approximate surface area is 170 Å². The van der Waals surface area contributed by atoms with Crippen molar-refractivity contribution >= 4 is 27.4 Å². The number of nitrogens with zero attached hydrogens (tertiary/aromatic N) is 1. The number of phenols is 1. The van der Waals surface area contributed by atoms with Crippen LogP contribution in [0.4, 0.5) is 24.5 Å². The van der Waals surface area contributed by atoms with E-state index >= 15 is 0 Å². The molecule has 1 heterocycles. The van der Waals surface area contributed by atoms with Crippen molar-refractivity contribution in [2.75, 3.05) is 22.7 Å². The lowest BCUT2D eigenvalue weighted by molar-refractivity contribution is -0.137. The molecule has 0 aliphatic carbocycles. The molecule has 30 heavy (non-hydrogen) atoms. The third-order valence-electron chi connectivity index (χ3n) is 4.76. The highest BCUT2D eigenvalue weighted by Crippen LogP contribution is 2.38. The number of hydrogen-bond acceptors (Lipinski definition) is 5. The van der Waals surface area contributed by atoms with Gasteiger partial charge in [-0.05, 0) is 55.7 Å². The molecule has 1 fully saturated rings. The summed E-state index contributed by atoms with van der Waals surface area (Å²) in [5.41, 5.74) is -1.45. The maximum Gasteiger partial charge on any atom is 0.416 e. The van der Waals surface area contributed by atoms with Crippen LogP contribution >= 0.6 is 0 Å². The van der Waals surface area contributed by atoms with E-state index in [0.717, 1.165) is 43.5 Å².